The summed E-state index contributed by atoms with van der Waals surface area (Å²) in [6.45, 7) is 4.45. The number of rotatable bonds is 5. The van der Waals surface area contributed by atoms with Crippen molar-refractivity contribution < 1.29 is 14.7 Å². The summed E-state index contributed by atoms with van der Waals surface area (Å²) in [5.41, 5.74) is 0. The fourth-order valence-corrected chi connectivity index (χ4v) is 4.21. The molecule has 0 aromatic rings. The molecule has 7 heteroatoms. The van der Waals surface area contributed by atoms with E-state index < -0.39 is 12.0 Å². The summed E-state index contributed by atoms with van der Waals surface area (Å²) < 4.78 is 0. The van der Waals surface area contributed by atoms with E-state index in [4.69, 9.17) is 5.26 Å². The van der Waals surface area contributed by atoms with Crippen LogP contribution in [0.15, 0.2) is 0 Å². The topological polar surface area (TPSA) is 84.6 Å². The van der Waals surface area contributed by atoms with E-state index in [1.165, 1.54) is 4.90 Å². The standard InChI is InChI=1S/C14H21N3O3S/c1-3-16(7-9(2)6-15)14(20)17-11(13(18)19)8-21-12(17)10-4-5-10/h9-12H,3-5,7-8H2,1-2H3,(H,18,19). The number of amides is 2. The summed E-state index contributed by atoms with van der Waals surface area (Å²) in [6.07, 6.45) is 2.13. The summed E-state index contributed by atoms with van der Waals surface area (Å²) in [5.74, 6) is -0.321. The first-order chi connectivity index (χ1) is 9.99. The molecular formula is C14H21N3O3S. The third-order valence-electron chi connectivity index (χ3n) is 3.93. The van der Waals surface area contributed by atoms with Gasteiger partial charge in [-0.1, -0.05) is 0 Å². The van der Waals surface area contributed by atoms with Crippen LogP contribution in [0.25, 0.3) is 0 Å². The zero-order valence-corrected chi connectivity index (χ0v) is 13.2. The highest BCUT2D eigenvalue weighted by Crippen LogP contribution is 2.45. The van der Waals surface area contributed by atoms with Gasteiger partial charge >= 0.3 is 12.0 Å². The van der Waals surface area contributed by atoms with Crippen molar-refractivity contribution in [3.63, 3.8) is 0 Å². The van der Waals surface area contributed by atoms with Crippen LogP contribution in [0.2, 0.25) is 0 Å². The molecule has 0 aromatic heterocycles. The zero-order chi connectivity index (χ0) is 15.6. The number of nitrogens with zero attached hydrogens (tertiary/aromatic N) is 3. The number of thioether (sulfide) groups is 1. The van der Waals surface area contributed by atoms with Crippen LogP contribution < -0.4 is 0 Å². The van der Waals surface area contributed by atoms with Crippen LogP contribution in [0, 0.1) is 23.2 Å². The van der Waals surface area contributed by atoms with Crippen molar-refractivity contribution in [1.82, 2.24) is 9.80 Å². The van der Waals surface area contributed by atoms with Gasteiger partial charge in [-0.15, -0.1) is 11.8 Å². The monoisotopic (exact) mass is 311 g/mol. The van der Waals surface area contributed by atoms with Gasteiger partial charge in [-0.25, -0.2) is 9.59 Å². The molecule has 0 radical (unpaired) electrons. The maximum absolute atomic E-state index is 12.8. The molecule has 0 bridgehead atoms. The molecule has 1 saturated carbocycles. The van der Waals surface area contributed by atoms with Crippen LogP contribution in [0.1, 0.15) is 26.7 Å². The number of carbonyl (C=O) groups is 2. The smallest absolute Gasteiger partial charge is 0.327 e. The Morgan fingerprint density at radius 1 is 1.52 bits per heavy atom. The Bertz CT molecular complexity index is 461. The first-order valence-electron chi connectivity index (χ1n) is 7.30. The van der Waals surface area contributed by atoms with Crippen LogP contribution in [-0.4, -0.2) is 57.2 Å². The SMILES string of the molecule is CCN(CC(C)C#N)C(=O)N1C(C(=O)O)CSC1C1CC1. The molecule has 116 valence electrons. The number of urea groups is 1. The average molecular weight is 311 g/mol. The molecule has 0 spiro atoms. The molecule has 2 rings (SSSR count). The highest BCUT2D eigenvalue weighted by atomic mass is 32.2. The minimum absolute atomic E-state index is 0.0231. The summed E-state index contributed by atoms with van der Waals surface area (Å²) >= 11 is 1.57. The Kier molecular flexibility index (Phi) is 4.99. The highest BCUT2D eigenvalue weighted by Gasteiger charge is 2.49. The number of carbonyl (C=O) groups excluding carboxylic acids is 1. The van der Waals surface area contributed by atoms with Gasteiger partial charge in [0.05, 0.1) is 17.4 Å². The lowest BCUT2D eigenvalue weighted by Gasteiger charge is -2.33. The second-order valence-corrected chi connectivity index (χ2v) is 6.82. The van der Waals surface area contributed by atoms with Crippen LogP contribution in [-0.2, 0) is 4.79 Å². The van der Waals surface area contributed by atoms with Crippen LogP contribution in [0.4, 0.5) is 4.79 Å². The first kappa shape index (κ1) is 16.0. The summed E-state index contributed by atoms with van der Waals surface area (Å²) in [4.78, 5) is 27.3. The largest absolute Gasteiger partial charge is 0.480 e. The minimum atomic E-state index is -0.941. The molecule has 2 aliphatic rings. The Hall–Kier alpha value is -1.42. The van der Waals surface area contributed by atoms with Gasteiger partial charge in [-0.2, -0.15) is 5.26 Å². The normalized spacial score (nSPS) is 26.2. The second kappa shape index (κ2) is 6.56. The highest BCUT2D eigenvalue weighted by molar-refractivity contribution is 8.00. The molecule has 1 saturated heterocycles. The van der Waals surface area contributed by atoms with Crippen molar-refractivity contribution in [2.24, 2.45) is 11.8 Å². The molecule has 2 amide bonds. The fourth-order valence-electron chi connectivity index (χ4n) is 2.58. The Balaban J connectivity index is 2.15. The maximum Gasteiger partial charge on any atom is 0.327 e. The third-order valence-corrected chi connectivity index (χ3v) is 5.39. The van der Waals surface area contributed by atoms with Crippen molar-refractivity contribution >= 4 is 23.8 Å². The molecule has 3 unspecified atom stereocenters. The lowest BCUT2D eigenvalue weighted by Crippen LogP contribution is -2.52. The van der Waals surface area contributed by atoms with Crippen molar-refractivity contribution in [3.05, 3.63) is 0 Å². The minimum Gasteiger partial charge on any atom is -0.480 e. The molecule has 1 aliphatic carbocycles. The van der Waals surface area contributed by atoms with Gasteiger partial charge in [0.2, 0.25) is 0 Å². The van der Waals surface area contributed by atoms with Crippen molar-refractivity contribution in [3.8, 4) is 6.07 Å². The number of carboxylic acids is 1. The molecule has 0 aromatic carbocycles. The van der Waals surface area contributed by atoms with Crippen molar-refractivity contribution in [1.29, 1.82) is 5.26 Å². The molecule has 1 N–H and O–H groups in total. The number of hydrogen-bond donors (Lipinski definition) is 1. The van der Waals surface area contributed by atoms with Gasteiger partial charge in [0.15, 0.2) is 0 Å². The van der Waals surface area contributed by atoms with Gasteiger partial charge in [0.25, 0.3) is 0 Å². The van der Waals surface area contributed by atoms with E-state index in [9.17, 15) is 14.7 Å². The quantitative estimate of drug-likeness (QED) is 0.837. The van der Waals surface area contributed by atoms with Crippen LogP contribution in [0.3, 0.4) is 0 Å². The van der Waals surface area contributed by atoms with E-state index in [-0.39, 0.29) is 17.3 Å². The number of aliphatic carboxylic acids is 1. The van der Waals surface area contributed by atoms with E-state index in [2.05, 4.69) is 6.07 Å². The lowest BCUT2D eigenvalue weighted by atomic mass is 10.2. The summed E-state index contributed by atoms with van der Waals surface area (Å²) in [6, 6.07) is 1.13. The van der Waals surface area contributed by atoms with Gasteiger partial charge in [-0.3, -0.25) is 4.90 Å². The number of nitriles is 1. The average Bonchev–Trinajstić information content (AvgIpc) is 3.21. The maximum atomic E-state index is 12.8. The van der Waals surface area contributed by atoms with Gasteiger partial charge < -0.3 is 10.0 Å². The lowest BCUT2D eigenvalue weighted by molar-refractivity contribution is -0.141. The molecule has 6 nitrogen and oxygen atoms in total. The van der Waals surface area contributed by atoms with Crippen molar-refractivity contribution in [2.45, 2.75) is 38.1 Å². The van der Waals surface area contributed by atoms with E-state index in [1.54, 1.807) is 23.6 Å². The van der Waals surface area contributed by atoms with Crippen LogP contribution >= 0.6 is 11.8 Å². The van der Waals surface area contributed by atoms with E-state index in [0.717, 1.165) is 12.8 Å². The summed E-state index contributed by atoms with van der Waals surface area (Å²) in [5, 5.41) is 18.3. The molecule has 1 heterocycles. The summed E-state index contributed by atoms with van der Waals surface area (Å²) in [7, 11) is 0. The van der Waals surface area contributed by atoms with Gasteiger partial charge in [-0.05, 0) is 32.6 Å². The van der Waals surface area contributed by atoms with E-state index in [1.807, 2.05) is 6.92 Å². The molecule has 1 aliphatic heterocycles. The Labute approximate surface area is 129 Å². The van der Waals surface area contributed by atoms with E-state index >= 15 is 0 Å². The molecule has 3 atom stereocenters. The first-order valence-corrected chi connectivity index (χ1v) is 8.35. The number of carboxylic acid groups (broad SMARTS) is 1. The van der Waals surface area contributed by atoms with Gasteiger partial charge in [0.1, 0.15) is 6.04 Å². The third kappa shape index (κ3) is 3.43. The second-order valence-electron chi connectivity index (χ2n) is 5.67. The fraction of sp³-hybridized carbons (Fsp3) is 0.786. The van der Waals surface area contributed by atoms with Gasteiger partial charge in [0, 0.05) is 18.8 Å². The van der Waals surface area contributed by atoms with E-state index in [0.29, 0.717) is 24.8 Å². The Morgan fingerprint density at radius 2 is 2.19 bits per heavy atom. The predicted molar refractivity (Wildman–Crippen MR) is 79.7 cm³/mol. The van der Waals surface area contributed by atoms with Crippen molar-refractivity contribution in [2.75, 3.05) is 18.8 Å². The molecule has 2 fully saturated rings. The Morgan fingerprint density at radius 3 is 2.67 bits per heavy atom. The number of hydrogen-bond acceptors (Lipinski definition) is 4. The molecule has 21 heavy (non-hydrogen) atoms. The predicted octanol–water partition coefficient (Wildman–Crippen LogP) is 1.83. The van der Waals surface area contributed by atoms with Crippen LogP contribution in [0.5, 0.6) is 0 Å². The zero-order valence-electron chi connectivity index (χ0n) is 12.4. The molecular weight excluding hydrogens is 290 g/mol.